The number of hydrogen-bond donors (Lipinski definition) is 2. The van der Waals surface area contributed by atoms with E-state index in [1.54, 1.807) is 20.8 Å². The van der Waals surface area contributed by atoms with Crippen molar-refractivity contribution in [1.82, 2.24) is 5.32 Å². The summed E-state index contributed by atoms with van der Waals surface area (Å²) in [4.78, 5) is 22.0. The smallest absolute Gasteiger partial charge is 0.251 e. The third-order valence-electron chi connectivity index (χ3n) is 1.94. The van der Waals surface area contributed by atoms with Crippen LogP contribution in [0.5, 0.6) is 0 Å². The zero-order valence-corrected chi connectivity index (χ0v) is 9.09. The summed E-state index contributed by atoms with van der Waals surface area (Å²) in [5.41, 5.74) is 4.11. The average molecular weight is 202 g/mol. The Balaban J connectivity index is 4.12. The van der Waals surface area contributed by atoms with Gasteiger partial charge in [-0.1, -0.05) is 0 Å². The lowest BCUT2D eigenvalue weighted by atomic mass is 10.1. The first-order chi connectivity index (χ1) is 6.29. The van der Waals surface area contributed by atoms with Crippen LogP contribution in [0.4, 0.5) is 0 Å². The minimum atomic E-state index is -0.883. The predicted molar refractivity (Wildman–Crippen MR) is 52.5 cm³/mol. The molecule has 82 valence electrons. The van der Waals surface area contributed by atoms with Crippen molar-refractivity contribution in [3.05, 3.63) is 0 Å². The maximum atomic E-state index is 11.5. The number of amides is 2. The highest BCUT2D eigenvalue weighted by Gasteiger charge is 2.27. The van der Waals surface area contributed by atoms with E-state index in [1.807, 2.05) is 0 Å². The van der Waals surface area contributed by atoms with E-state index >= 15 is 0 Å². The first-order valence-corrected chi connectivity index (χ1v) is 4.44. The molecular formula is C9H18N2O3. The number of nitrogens with two attached hydrogens (primary N) is 1. The van der Waals surface area contributed by atoms with Gasteiger partial charge in [0.1, 0.15) is 5.60 Å². The molecule has 0 aromatic carbocycles. The van der Waals surface area contributed by atoms with Gasteiger partial charge in [-0.3, -0.25) is 9.59 Å². The van der Waals surface area contributed by atoms with Gasteiger partial charge < -0.3 is 15.8 Å². The minimum Gasteiger partial charge on any atom is -0.370 e. The molecule has 0 radical (unpaired) electrons. The number of hydrogen-bond acceptors (Lipinski definition) is 3. The topological polar surface area (TPSA) is 81.4 Å². The fourth-order valence-corrected chi connectivity index (χ4v) is 0.843. The Morgan fingerprint density at radius 1 is 1.50 bits per heavy atom. The average Bonchev–Trinajstić information content (AvgIpc) is 2.02. The van der Waals surface area contributed by atoms with Crippen LogP contribution in [0.1, 0.15) is 27.2 Å². The van der Waals surface area contributed by atoms with Crippen LogP contribution in [-0.4, -0.2) is 30.6 Å². The lowest BCUT2D eigenvalue weighted by molar-refractivity contribution is -0.140. The Kier molecular flexibility index (Phi) is 4.56. The summed E-state index contributed by atoms with van der Waals surface area (Å²) in [6.07, 6.45) is 0.130. The minimum absolute atomic E-state index is 0.130. The van der Waals surface area contributed by atoms with Crippen molar-refractivity contribution < 1.29 is 14.3 Å². The molecule has 0 aromatic rings. The number of primary amides is 1. The Morgan fingerprint density at radius 2 is 2.00 bits per heavy atom. The van der Waals surface area contributed by atoms with Crippen molar-refractivity contribution >= 4 is 11.8 Å². The third kappa shape index (κ3) is 4.23. The van der Waals surface area contributed by atoms with Crippen molar-refractivity contribution in [2.45, 2.75) is 38.8 Å². The second-order valence-corrected chi connectivity index (χ2v) is 3.76. The highest BCUT2D eigenvalue weighted by atomic mass is 16.5. The van der Waals surface area contributed by atoms with Crippen molar-refractivity contribution in [3.63, 3.8) is 0 Å². The van der Waals surface area contributed by atoms with Gasteiger partial charge >= 0.3 is 0 Å². The molecule has 5 nitrogen and oxygen atoms in total. The van der Waals surface area contributed by atoms with Gasteiger partial charge in [0.15, 0.2) is 0 Å². The van der Waals surface area contributed by atoms with Gasteiger partial charge in [-0.15, -0.1) is 0 Å². The van der Waals surface area contributed by atoms with Crippen molar-refractivity contribution in [1.29, 1.82) is 0 Å². The van der Waals surface area contributed by atoms with Crippen LogP contribution in [0, 0.1) is 0 Å². The predicted octanol–water partition coefficient (Wildman–Crippen LogP) is -0.208. The second kappa shape index (κ2) is 4.95. The molecule has 0 heterocycles. The van der Waals surface area contributed by atoms with Crippen LogP contribution in [0.15, 0.2) is 0 Å². The van der Waals surface area contributed by atoms with E-state index in [4.69, 9.17) is 10.5 Å². The molecular weight excluding hydrogens is 184 g/mol. The van der Waals surface area contributed by atoms with Gasteiger partial charge in [-0.2, -0.15) is 0 Å². The van der Waals surface area contributed by atoms with E-state index in [2.05, 4.69) is 5.32 Å². The van der Waals surface area contributed by atoms with E-state index in [0.717, 1.165) is 0 Å². The normalized spacial score (nSPS) is 13.4. The number of carbonyl (C=O) groups excluding carboxylic acids is 2. The van der Waals surface area contributed by atoms with Gasteiger partial charge in [0.25, 0.3) is 5.91 Å². The van der Waals surface area contributed by atoms with Gasteiger partial charge in [0, 0.05) is 19.6 Å². The number of methoxy groups -OCH3 is 1. The SMILES string of the molecule is COC(C)(C)C(=O)NC(C)CC(N)=O. The van der Waals surface area contributed by atoms with Gasteiger partial charge in [0.2, 0.25) is 5.91 Å². The van der Waals surface area contributed by atoms with Crippen LogP contribution in [0.25, 0.3) is 0 Å². The van der Waals surface area contributed by atoms with Crippen LogP contribution in [0.2, 0.25) is 0 Å². The molecule has 1 unspecified atom stereocenters. The number of rotatable bonds is 5. The van der Waals surface area contributed by atoms with E-state index in [0.29, 0.717) is 0 Å². The van der Waals surface area contributed by atoms with Gasteiger partial charge in [-0.25, -0.2) is 0 Å². The Bertz CT molecular complexity index is 226. The summed E-state index contributed by atoms with van der Waals surface area (Å²) >= 11 is 0. The van der Waals surface area contributed by atoms with Crippen LogP contribution in [-0.2, 0) is 14.3 Å². The highest BCUT2D eigenvalue weighted by molar-refractivity contribution is 5.85. The van der Waals surface area contributed by atoms with Crippen molar-refractivity contribution in [3.8, 4) is 0 Å². The summed E-state index contributed by atoms with van der Waals surface area (Å²) in [6.45, 7) is 5.02. The highest BCUT2D eigenvalue weighted by Crippen LogP contribution is 2.07. The Labute approximate surface area is 84.0 Å². The molecule has 0 aliphatic rings. The molecule has 0 saturated carbocycles. The quantitative estimate of drug-likeness (QED) is 0.647. The molecule has 0 rings (SSSR count). The molecule has 0 saturated heterocycles. The fourth-order valence-electron chi connectivity index (χ4n) is 0.843. The molecule has 2 amide bonds. The monoisotopic (exact) mass is 202 g/mol. The van der Waals surface area contributed by atoms with Crippen LogP contribution < -0.4 is 11.1 Å². The zero-order chi connectivity index (χ0) is 11.4. The summed E-state index contributed by atoms with van der Waals surface area (Å²) in [6, 6.07) is -0.269. The van der Waals surface area contributed by atoms with Crippen LogP contribution in [0.3, 0.4) is 0 Å². The number of ether oxygens (including phenoxy) is 1. The standard InChI is InChI=1S/C9H18N2O3/c1-6(5-7(10)12)11-8(13)9(2,3)14-4/h6H,5H2,1-4H3,(H2,10,12)(H,11,13). The van der Waals surface area contributed by atoms with Crippen molar-refractivity contribution in [2.75, 3.05) is 7.11 Å². The summed E-state index contributed by atoms with van der Waals surface area (Å²) in [5.74, 6) is -0.693. The van der Waals surface area contributed by atoms with Crippen molar-refractivity contribution in [2.24, 2.45) is 5.73 Å². The summed E-state index contributed by atoms with van der Waals surface area (Å²) in [7, 11) is 1.46. The van der Waals surface area contributed by atoms with Crippen LogP contribution >= 0.6 is 0 Å². The molecule has 0 aliphatic heterocycles. The maximum absolute atomic E-state index is 11.5. The molecule has 1 atom stereocenters. The molecule has 0 spiro atoms. The zero-order valence-electron chi connectivity index (χ0n) is 9.09. The van der Waals surface area contributed by atoms with E-state index in [-0.39, 0.29) is 18.4 Å². The number of nitrogens with one attached hydrogen (secondary N) is 1. The molecule has 0 bridgehead atoms. The summed E-state index contributed by atoms with van der Waals surface area (Å²) < 4.78 is 4.98. The van der Waals surface area contributed by atoms with E-state index in [1.165, 1.54) is 7.11 Å². The maximum Gasteiger partial charge on any atom is 0.251 e. The van der Waals surface area contributed by atoms with E-state index < -0.39 is 11.5 Å². The Hall–Kier alpha value is -1.10. The third-order valence-corrected chi connectivity index (χ3v) is 1.94. The largest absolute Gasteiger partial charge is 0.370 e. The van der Waals surface area contributed by atoms with Gasteiger partial charge in [0.05, 0.1) is 0 Å². The first-order valence-electron chi connectivity index (χ1n) is 4.44. The molecule has 0 fully saturated rings. The fraction of sp³-hybridized carbons (Fsp3) is 0.778. The number of carbonyl (C=O) groups is 2. The molecule has 3 N–H and O–H groups in total. The Morgan fingerprint density at radius 3 is 2.36 bits per heavy atom. The van der Waals surface area contributed by atoms with Gasteiger partial charge in [-0.05, 0) is 20.8 Å². The first kappa shape index (κ1) is 12.9. The second-order valence-electron chi connectivity index (χ2n) is 3.76. The lowest BCUT2D eigenvalue weighted by Crippen LogP contribution is -2.47. The lowest BCUT2D eigenvalue weighted by Gasteiger charge is -2.24. The molecule has 14 heavy (non-hydrogen) atoms. The van der Waals surface area contributed by atoms with E-state index in [9.17, 15) is 9.59 Å². The summed E-state index contributed by atoms with van der Waals surface area (Å²) in [5, 5.41) is 2.64. The molecule has 0 aromatic heterocycles. The molecule has 0 aliphatic carbocycles. The molecule has 5 heteroatoms.